The van der Waals surface area contributed by atoms with E-state index in [9.17, 15) is 9.18 Å². The monoisotopic (exact) mass is 401 g/mol. The Bertz CT molecular complexity index is 908. The van der Waals surface area contributed by atoms with E-state index in [2.05, 4.69) is 9.98 Å². The molecule has 2 heterocycles. The Morgan fingerprint density at radius 1 is 1.38 bits per heavy atom. The van der Waals surface area contributed by atoms with E-state index in [0.29, 0.717) is 30.9 Å². The van der Waals surface area contributed by atoms with Crippen molar-refractivity contribution in [2.45, 2.75) is 33.1 Å². The van der Waals surface area contributed by atoms with Gasteiger partial charge in [-0.15, -0.1) is 0 Å². The molecule has 29 heavy (non-hydrogen) atoms. The van der Waals surface area contributed by atoms with Gasteiger partial charge >= 0.3 is 6.09 Å². The van der Waals surface area contributed by atoms with Crippen LogP contribution in [0.1, 0.15) is 22.5 Å². The minimum absolute atomic E-state index is 0.0280. The number of nitrogens with one attached hydrogen (secondary N) is 1. The lowest BCUT2D eigenvalue weighted by Crippen LogP contribution is -2.52. The minimum Gasteiger partial charge on any atom is -0.465 e. The number of carboxylic acid groups (broad SMARTS) is 1. The van der Waals surface area contributed by atoms with Gasteiger partial charge in [0.1, 0.15) is 0 Å². The van der Waals surface area contributed by atoms with Gasteiger partial charge in [0.2, 0.25) is 0 Å². The maximum atomic E-state index is 14.8. The lowest BCUT2D eigenvalue weighted by atomic mass is 10.1. The minimum atomic E-state index is -1.32. The highest BCUT2D eigenvalue weighted by Gasteiger charge is 2.30. The third-order valence-corrected chi connectivity index (χ3v) is 4.53. The summed E-state index contributed by atoms with van der Waals surface area (Å²) >= 11 is 0. The highest BCUT2D eigenvalue weighted by atomic mass is 19.1. The lowest BCUT2D eigenvalue weighted by Gasteiger charge is -2.41. The molecule has 9 heteroatoms. The molecule has 0 aliphatic carbocycles. The van der Waals surface area contributed by atoms with Crippen molar-refractivity contribution in [3.63, 3.8) is 0 Å². The van der Waals surface area contributed by atoms with Crippen molar-refractivity contribution < 1.29 is 19.0 Å². The summed E-state index contributed by atoms with van der Waals surface area (Å²) in [5.41, 5.74) is 9.23. The molecule has 0 atom stereocenters. The quantitative estimate of drug-likeness (QED) is 0.506. The molecule has 1 aliphatic heterocycles. The van der Waals surface area contributed by atoms with E-state index in [1.54, 1.807) is 18.2 Å². The zero-order chi connectivity index (χ0) is 21.0. The smallest absolute Gasteiger partial charge is 0.411 e. The summed E-state index contributed by atoms with van der Waals surface area (Å²) in [6, 6.07) is 9.03. The van der Waals surface area contributed by atoms with E-state index in [-0.39, 0.29) is 18.6 Å². The van der Waals surface area contributed by atoms with Crippen LogP contribution in [-0.4, -0.2) is 41.3 Å². The van der Waals surface area contributed by atoms with Crippen molar-refractivity contribution in [1.29, 1.82) is 0 Å². The SMILES string of the molecule is Cc1cc(COC2CN(c3cccc(CN=C(N)NC(=O)O)c3F)C2)cc(C)n1. The number of halogens is 1. The number of pyridine rings is 1. The Labute approximate surface area is 168 Å². The predicted molar refractivity (Wildman–Crippen MR) is 107 cm³/mol. The van der Waals surface area contributed by atoms with E-state index >= 15 is 0 Å². The molecule has 3 rings (SSSR count). The predicted octanol–water partition coefficient (Wildman–Crippen LogP) is 2.33. The van der Waals surface area contributed by atoms with Crippen molar-refractivity contribution in [3.8, 4) is 0 Å². The van der Waals surface area contributed by atoms with Gasteiger partial charge in [0.25, 0.3) is 0 Å². The van der Waals surface area contributed by atoms with Gasteiger partial charge in [0.15, 0.2) is 11.8 Å². The van der Waals surface area contributed by atoms with Gasteiger partial charge in [-0.25, -0.2) is 14.2 Å². The second-order valence-electron chi connectivity index (χ2n) is 6.98. The van der Waals surface area contributed by atoms with Crippen molar-refractivity contribution in [3.05, 3.63) is 58.7 Å². The van der Waals surface area contributed by atoms with E-state index < -0.39 is 11.9 Å². The first-order valence-corrected chi connectivity index (χ1v) is 9.20. The number of aromatic nitrogens is 1. The Morgan fingerprint density at radius 2 is 2.07 bits per heavy atom. The number of benzene rings is 1. The Kier molecular flexibility index (Phi) is 6.28. The van der Waals surface area contributed by atoms with Crippen molar-refractivity contribution in [1.82, 2.24) is 10.3 Å². The van der Waals surface area contributed by atoms with Gasteiger partial charge in [0, 0.05) is 30.0 Å². The Morgan fingerprint density at radius 3 is 2.72 bits per heavy atom. The second-order valence-corrected chi connectivity index (χ2v) is 6.98. The molecule has 0 saturated carbocycles. The summed E-state index contributed by atoms with van der Waals surface area (Å²) in [6.07, 6.45) is -1.29. The maximum Gasteiger partial charge on any atom is 0.411 e. The normalized spacial score (nSPS) is 14.6. The molecule has 1 aromatic carbocycles. The van der Waals surface area contributed by atoms with E-state index in [1.807, 2.05) is 36.2 Å². The molecule has 4 N–H and O–H groups in total. The van der Waals surface area contributed by atoms with Crippen LogP contribution >= 0.6 is 0 Å². The molecular formula is C20H24FN5O3. The van der Waals surface area contributed by atoms with Gasteiger partial charge in [0.05, 0.1) is 24.9 Å². The Balaban J connectivity index is 1.55. The molecule has 1 saturated heterocycles. The van der Waals surface area contributed by atoms with Crippen LogP contribution in [0.25, 0.3) is 0 Å². The number of nitrogens with zero attached hydrogens (tertiary/aromatic N) is 3. The first-order valence-electron chi connectivity index (χ1n) is 9.20. The summed E-state index contributed by atoms with van der Waals surface area (Å²) in [5.74, 6) is -0.667. The average molecular weight is 401 g/mol. The van der Waals surface area contributed by atoms with Gasteiger partial charge in [-0.1, -0.05) is 12.1 Å². The number of amides is 1. The molecule has 8 nitrogen and oxygen atoms in total. The second kappa shape index (κ2) is 8.87. The number of rotatable bonds is 6. The average Bonchev–Trinajstić information content (AvgIpc) is 2.59. The fourth-order valence-corrected chi connectivity index (χ4v) is 3.21. The summed E-state index contributed by atoms with van der Waals surface area (Å²) in [5, 5.41) is 10.5. The highest BCUT2D eigenvalue weighted by molar-refractivity contribution is 5.91. The molecule has 0 radical (unpaired) electrons. The van der Waals surface area contributed by atoms with Crippen LogP contribution < -0.4 is 16.0 Å². The number of hydrogen-bond donors (Lipinski definition) is 3. The maximum absolute atomic E-state index is 14.8. The number of carbonyl (C=O) groups is 1. The molecule has 1 fully saturated rings. The zero-order valence-corrected chi connectivity index (χ0v) is 16.4. The van der Waals surface area contributed by atoms with Gasteiger partial charge < -0.3 is 20.5 Å². The van der Waals surface area contributed by atoms with E-state index in [0.717, 1.165) is 17.0 Å². The molecule has 1 aromatic heterocycles. The van der Waals surface area contributed by atoms with Crippen LogP contribution in [0.2, 0.25) is 0 Å². The first kappa shape index (κ1) is 20.5. The van der Waals surface area contributed by atoms with Crippen LogP contribution in [0.15, 0.2) is 35.3 Å². The third-order valence-electron chi connectivity index (χ3n) is 4.53. The van der Waals surface area contributed by atoms with Crippen LogP contribution in [-0.2, 0) is 17.9 Å². The van der Waals surface area contributed by atoms with Gasteiger partial charge in [-0.05, 0) is 37.6 Å². The van der Waals surface area contributed by atoms with Crippen molar-refractivity contribution in [2.75, 3.05) is 18.0 Å². The molecule has 0 spiro atoms. The van der Waals surface area contributed by atoms with Crippen LogP contribution in [0.5, 0.6) is 0 Å². The molecule has 0 bridgehead atoms. The van der Waals surface area contributed by atoms with E-state index in [1.165, 1.54) is 0 Å². The standard InChI is InChI=1S/C20H24FN5O3/c1-12-6-14(7-13(2)24-12)11-29-16-9-26(10-16)17-5-3-4-15(18(17)21)8-23-19(22)25-20(27)28/h3-7,16H,8-11H2,1-2H3,(H,27,28)(H3,22,23,25). The number of aryl methyl sites for hydroxylation is 2. The lowest BCUT2D eigenvalue weighted by molar-refractivity contribution is 0.0221. The zero-order valence-electron chi connectivity index (χ0n) is 16.4. The molecule has 154 valence electrons. The summed E-state index contributed by atoms with van der Waals surface area (Å²) < 4.78 is 20.7. The van der Waals surface area contributed by atoms with Crippen molar-refractivity contribution >= 4 is 17.7 Å². The summed E-state index contributed by atoms with van der Waals surface area (Å²) in [7, 11) is 0. The highest BCUT2D eigenvalue weighted by Crippen LogP contribution is 2.28. The number of anilines is 1. The molecule has 2 aromatic rings. The summed E-state index contributed by atoms with van der Waals surface area (Å²) in [4.78, 5) is 20.6. The van der Waals surface area contributed by atoms with Crippen LogP contribution in [0.4, 0.5) is 14.9 Å². The van der Waals surface area contributed by atoms with Crippen LogP contribution in [0, 0.1) is 19.7 Å². The first-order chi connectivity index (χ1) is 13.8. The summed E-state index contributed by atoms with van der Waals surface area (Å²) in [6.45, 7) is 5.53. The molecule has 1 aliphatic rings. The number of aliphatic imine (C=N–C) groups is 1. The van der Waals surface area contributed by atoms with Gasteiger partial charge in [-0.3, -0.25) is 10.3 Å². The Hall–Kier alpha value is -3.20. The number of guanidine groups is 1. The molecule has 0 unspecified atom stereocenters. The third kappa shape index (κ3) is 5.41. The van der Waals surface area contributed by atoms with E-state index in [4.69, 9.17) is 15.6 Å². The fraction of sp³-hybridized carbons (Fsp3) is 0.350. The largest absolute Gasteiger partial charge is 0.465 e. The van der Waals surface area contributed by atoms with Crippen LogP contribution in [0.3, 0.4) is 0 Å². The molecular weight excluding hydrogens is 377 g/mol. The van der Waals surface area contributed by atoms with Gasteiger partial charge in [-0.2, -0.15) is 0 Å². The molecule has 1 amide bonds. The van der Waals surface area contributed by atoms with Crippen molar-refractivity contribution in [2.24, 2.45) is 10.7 Å². The fourth-order valence-electron chi connectivity index (χ4n) is 3.21. The number of nitrogens with two attached hydrogens (primary N) is 1. The number of ether oxygens (including phenoxy) is 1. The number of hydrogen-bond acceptors (Lipinski definition) is 5. The topological polar surface area (TPSA) is 113 Å².